The number of likely N-dealkylation sites (N-methyl/N-ethyl adjacent to an activating group) is 1. The van der Waals surface area contributed by atoms with Crippen LogP contribution >= 0.6 is 0 Å². The summed E-state index contributed by atoms with van der Waals surface area (Å²) in [7, 11) is 0. The van der Waals surface area contributed by atoms with Gasteiger partial charge < -0.3 is 9.64 Å². The Labute approximate surface area is 87.0 Å². The lowest BCUT2D eigenvalue weighted by molar-refractivity contribution is -0.101. The second-order valence-electron chi connectivity index (χ2n) is 4.72. The van der Waals surface area contributed by atoms with E-state index in [4.69, 9.17) is 4.74 Å². The number of nitrogens with zero attached hydrogens (tertiary/aromatic N) is 2. The summed E-state index contributed by atoms with van der Waals surface area (Å²) in [6, 6.07) is 0.795. The first kappa shape index (κ1) is 10.4. The summed E-state index contributed by atoms with van der Waals surface area (Å²) in [6.07, 6.45) is 0.823. The zero-order valence-electron chi connectivity index (χ0n) is 9.57. The highest BCUT2D eigenvalue weighted by molar-refractivity contribution is 4.90. The standard InChI is InChI=1S/C11H22N2O/c1-4-12-7-11(8-12)13-5-9(2)14-10(3)6-13/h9-11H,4-8H2,1-3H3. The van der Waals surface area contributed by atoms with Crippen LogP contribution in [0.4, 0.5) is 0 Å². The number of likely N-dealkylation sites (tertiary alicyclic amines) is 1. The fourth-order valence-corrected chi connectivity index (χ4v) is 2.55. The van der Waals surface area contributed by atoms with E-state index < -0.39 is 0 Å². The van der Waals surface area contributed by atoms with Gasteiger partial charge in [0.1, 0.15) is 0 Å². The van der Waals surface area contributed by atoms with Gasteiger partial charge in [-0.15, -0.1) is 0 Å². The Morgan fingerprint density at radius 1 is 1.07 bits per heavy atom. The number of morpholine rings is 1. The largest absolute Gasteiger partial charge is 0.373 e. The summed E-state index contributed by atoms with van der Waals surface area (Å²) in [5.74, 6) is 0. The second-order valence-corrected chi connectivity index (χ2v) is 4.72. The van der Waals surface area contributed by atoms with Gasteiger partial charge in [0.05, 0.1) is 12.2 Å². The normalized spacial score (nSPS) is 37.1. The fraction of sp³-hybridized carbons (Fsp3) is 1.00. The molecular formula is C11H22N2O. The molecule has 2 atom stereocenters. The Morgan fingerprint density at radius 3 is 2.14 bits per heavy atom. The molecule has 0 aromatic rings. The van der Waals surface area contributed by atoms with E-state index in [1.54, 1.807) is 0 Å². The Balaban J connectivity index is 1.81. The highest BCUT2D eigenvalue weighted by atomic mass is 16.5. The van der Waals surface area contributed by atoms with Crippen molar-refractivity contribution in [2.75, 3.05) is 32.7 Å². The Kier molecular flexibility index (Phi) is 3.10. The van der Waals surface area contributed by atoms with Crippen LogP contribution in [0.1, 0.15) is 20.8 Å². The van der Waals surface area contributed by atoms with Crippen molar-refractivity contribution in [3.05, 3.63) is 0 Å². The van der Waals surface area contributed by atoms with E-state index in [2.05, 4.69) is 30.6 Å². The van der Waals surface area contributed by atoms with Gasteiger partial charge in [0, 0.05) is 32.2 Å². The summed E-state index contributed by atoms with van der Waals surface area (Å²) in [5, 5.41) is 0. The number of rotatable bonds is 2. The Bertz CT molecular complexity index is 182. The minimum atomic E-state index is 0.412. The molecule has 0 aliphatic carbocycles. The third kappa shape index (κ3) is 2.10. The molecule has 3 nitrogen and oxygen atoms in total. The quantitative estimate of drug-likeness (QED) is 0.653. The van der Waals surface area contributed by atoms with Crippen LogP contribution in [-0.2, 0) is 4.74 Å². The predicted molar refractivity (Wildman–Crippen MR) is 57.5 cm³/mol. The van der Waals surface area contributed by atoms with Crippen LogP contribution in [0.3, 0.4) is 0 Å². The lowest BCUT2D eigenvalue weighted by Gasteiger charge is -2.48. The molecule has 0 saturated carbocycles. The summed E-state index contributed by atoms with van der Waals surface area (Å²) in [5.41, 5.74) is 0. The molecule has 3 heteroatoms. The van der Waals surface area contributed by atoms with Gasteiger partial charge in [0.2, 0.25) is 0 Å². The second kappa shape index (κ2) is 4.17. The molecule has 2 aliphatic heterocycles. The minimum absolute atomic E-state index is 0.412. The minimum Gasteiger partial charge on any atom is -0.373 e. The third-order valence-corrected chi connectivity index (χ3v) is 3.35. The van der Waals surface area contributed by atoms with Gasteiger partial charge in [-0.25, -0.2) is 0 Å². The van der Waals surface area contributed by atoms with E-state index in [9.17, 15) is 0 Å². The van der Waals surface area contributed by atoms with Crippen molar-refractivity contribution >= 4 is 0 Å². The van der Waals surface area contributed by atoms with Crippen molar-refractivity contribution < 1.29 is 4.74 Å². The zero-order valence-corrected chi connectivity index (χ0v) is 9.57. The molecule has 0 aromatic carbocycles. The summed E-state index contributed by atoms with van der Waals surface area (Å²) >= 11 is 0. The van der Waals surface area contributed by atoms with Crippen LogP contribution in [0.5, 0.6) is 0 Å². The van der Waals surface area contributed by atoms with E-state index >= 15 is 0 Å². The maximum absolute atomic E-state index is 5.73. The first-order chi connectivity index (χ1) is 6.69. The van der Waals surface area contributed by atoms with Gasteiger partial charge in [0.15, 0.2) is 0 Å². The molecular weight excluding hydrogens is 176 g/mol. The van der Waals surface area contributed by atoms with Crippen molar-refractivity contribution in [3.63, 3.8) is 0 Å². The summed E-state index contributed by atoms with van der Waals surface area (Å²) in [6.45, 7) is 12.6. The molecule has 14 heavy (non-hydrogen) atoms. The molecule has 2 saturated heterocycles. The van der Waals surface area contributed by atoms with Gasteiger partial charge in [-0.05, 0) is 20.4 Å². The van der Waals surface area contributed by atoms with Gasteiger partial charge in [-0.2, -0.15) is 0 Å². The number of hydrogen-bond donors (Lipinski definition) is 0. The lowest BCUT2D eigenvalue weighted by Crippen LogP contribution is -2.63. The highest BCUT2D eigenvalue weighted by Gasteiger charge is 2.34. The van der Waals surface area contributed by atoms with Crippen LogP contribution in [0, 0.1) is 0 Å². The van der Waals surface area contributed by atoms with Crippen molar-refractivity contribution in [2.45, 2.75) is 39.0 Å². The predicted octanol–water partition coefficient (Wildman–Crippen LogP) is 0.800. The van der Waals surface area contributed by atoms with Crippen LogP contribution in [0.25, 0.3) is 0 Å². The van der Waals surface area contributed by atoms with E-state index in [0.717, 1.165) is 19.1 Å². The lowest BCUT2D eigenvalue weighted by atomic mass is 10.1. The van der Waals surface area contributed by atoms with Crippen LogP contribution < -0.4 is 0 Å². The first-order valence-electron chi connectivity index (χ1n) is 5.81. The van der Waals surface area contributed by atoms with Crippen LogP contribution in [-0.4, -0.2) is 60.8 Å². The van der Waals surface area contributed by atoms with E-state index in [0.29, 0.717) is 12.2 Å². The van der Waals surface area contributed by atoms with Gasteiger partial charge in [0.25, 0.3) is 0 Å². The molecule has 0 N–H and O–H groups in total. The maximum Gasteiger partial charge on any atom is 0.0678 e. The topological polar surface area (TPSA) is 15.7 Å². The number of hydrogen-bond acceptors (Lipinski definition) is 3. The molecule has 0 spiro atoms. The molecule has 0 bridgehead atoms. The van der Waals surface area contributed by atoms with Gasteiger partial charge in [-0.1, -0.05) is 6.92 Å². The van der Waals surface area contributed by atoms with Gasteiger partial charge in [-0.3, -0.25) is 4.90 Å². The van der Waals surface area contributed by atoms with E-state index in [-0.39, 0.29) is 0 Å². The van der Waals surface area contributed by atoms with Crippen molar-refractivity contribution in [1.82, 2.24) is 9.80 Å². The Hall–Kier alpha value is -0.120. The Morgan fingerprint density at radius 2 is 1.64 bits per heavy atom. The molecule has 0 aromatic heterocycles. The zero-order chi connectivity index (χ0) is 10.1. The van der Waals surface area contributed by atoms with E-state index in [1.807, 2.05) is 0 Å². The molecule has 0 amide bonds. The molecule has 2 aliphatic rings. The van der Waals surface area contributed by atoms with Crippen molar-refractivity contribution in [1.29, 1.82) is 0 Å². The van der Waals surface area contributed by atoms with E-state index in [1.165, 1.54) is 19.6 Å². The number of ether oxygens (including phenoxy) is 1. The molecule has 0 radical (unpaired) electrons. The SMILES string of the molecule is CCN1CC(N2CC(C)OC(C)C2)C1. The molecule has 2 fully saturated rings. The first-order valence-corrected chi connectivity index (χ1v) is 5.81. The molecule has 2 heterocycles. The third-order valence-electron chi connectivity index (χ3n) is 3.35. The fourth-order valence-electron chi connectivity index (χ4n) is 2.55. The summed E-state index contributed by atoms with van der Waals surface area (Å²) in [4.78, 5) is 5.10. The monoisotopic (exact) mass is 198 g/mol. The van der Waals surface area contributed by atoms with Crippen molar-refractivity contribution in [3.8, 4) is 0 Å². The molecule has 2 rings (SSSR count). The highest BCUT2D eigenvalue weighted by Crippen LogP contribution is 2.19. The van der Waals surface area contributed by atoms with Crippen molar-refractivity contribution in [2.24, 2.45) is 0 Å². The van der Waals surface area contributed by atoms with Crippen LogP contribution in [0.2, 0.25) is 0 Å². The maximum atomic E-state index is 5.73. The molecule has 82 valence electrons. The van der Waals surface area contributed by atoms with Gasteiger partial charge >= 0.3 is 0 Å². The molecule has 2 unspecified atom stereocenters. The average Bonchev–Trinajstić information content (AvgIpc) is 2.00. The van der Waals surface area contributed by atoms with Crippen LogP contribution in [0.15, 0.2) is 0 Å². The smallest absolute Gasteiger partial charge is 0.0678 e. The summed E-state index contributed by atoms with van der Waals surface area (Å²) < 4.78 is 5.73. The average molecular weight is 198 g/mol.